The molecule has 12 heavy (non-hydrogen) atoms. The molecule has 0 saturated heterocycles. The highest BCUT2D eigenvalue weighted by molar-refractivity contribution is 9.09. The summed E-state index contributed by atoms with van der Waals surface area (Å²) in [5.74, 6) is 2.24. The predicted octanol–water partition coefficient (Wildman–Crippen LogP) is 2.53. The first-order valence-corrected chi connectivity index (χ1v) is 5.84. The molecule has 2 nitrogen and oxygen atoms in total. The fraction of sp³-hybridized carbons (Fsp3) is 0.500. The van der Waals surface area contributed by atoms with Crippen LogP contribution in [0.1, 0.15) is 0 Å². The van der Waals surface area contributed by atoms with Gasteiger partial charge < -0.3 is 9.47 Å². The third-order valence-corrected chi connectivity index (χ3v) is 3.38. The van der Waals surface area contributed by atoms with Crippen molar-refractivity contribution in [3.05, 3.63) is 10.8 Å². The zero-order valence-electron chi connectivity index (χ0n) is 6.46. The van der Waals surface area contributed by atoms with Crippen molar-refractivity contribution >= 4 is 27.3 Å². The van der Waals surface area contributed by atoms with Crippen molar-refractivity contribution in [2.75, 3.05) is 18.5 Å². The van der Waals surface area contributed by atoms with Crippen LogP contribution >= 0.6 is 27.3 Å². The molecule has 0 fully saturated rings. The standard InChI is InChI=1S/C8H9BrO2S/c9-1-6-2-10-7-4-12-5-8(7)11-3-6/h4-6H,1-3H2. The minimum absolute atomic E-state index is 0.461. The first kappa shape index (κ1) is 8.38. The van der Waals surface area contributed by atoms with Crippen molar-refractivity contribution in [2.24, 2.45) is 5.92 Å². The zero-order valence-corrected chi connectivity index (χ0v) is 8.86. The molecule has 0 aromatic carbocycles. The van der Waals surface area contributed by atoms with Crippen LogP contribution < -0.4 is 9.47 Å². The predicted molar refractivity (Wildman–Crippen MR) is 52.6 cm³/mol. The molecule has 0 unspecified atom stereocenters. The zero-order chi connectivity index (χ0) is 8.39. The van der Waals surface area contributed by atoms with Crippen LogP contribution in [0.2, 0.25) is 0 Å². The van der Waals surface area contributed by atoms with E-state index in [-0.39, 0.29) is 0 Å². The quantitative estimate of drug-likeness (QED) is 0.712. The Bertz CT molecular complexity index is 239. The maximum Gasteiger partial charge on any atom is 0.171 e. The fourth-order valence-corrected chi connectivity index (χ4v) is 2.09. The molecule has 1 aromatic rings. The number of fused-ring (bicyclic) bond motifs is 1. The Kier molecular flexibility index (Phi) is 2.56. The van der Waals surface area contributed by atoms with Gasteiger partial charge in [0, 0.05) is 22.0 Å². The van der Waals surface area contributed by atoms with E-state index in [0.717, 1.165) is 30.0 Å². The van der Waals surface area contributed by atoms with Gasteiger partial charge in [0.2, 0.25) is 0 Å². The number of rotatable bonds is 1. The molecule has 0 spiro atoms. The summed E-state index contributed by atoms with van der Waals surface area (Å²) in [6, 6.07) is 0. The van der Waals surface area contributed by atoms with Gasteiger partial charge in [0.1, 0.15) is 0 Å². The Balaban J connectivity index is 2.10. The van der Waals surface area contributed by atoms with Crippen LogP contribution in [-0.4, -0.2) is 18.5 Å². The molecule has 0 aliphatic carbocycles. The van der Waals surface area contributed by atoms with E-state index >= 15 is 0 Å². The summed E-state index contributed by atoms with van der Waals surface area (Å²) in [7, 11) is 0. The van der Waals surface area contributed by atoms with Gasteiger partial charge in [-0.25, -0.2) is 0 Å². The smallest absolute Gasteiger partial charge is 0.171 e. The molecule has 2 heterocycles. The molecule has 0 radical (unpaired) electrons. The molecule has 0 amide bonds. The number of hydrogen-bond donors (Lipinski definition) is 0. The average Bonchev–Trinajstić information content (AvgIpc) is 2.46. The number of ether oxygens (including phenoxy) is 2. The fourth-order valence-electron chi connectivity index (χ4n) is 1.04. The van der Waals surface area contributed by atoms with Gasteiger partial charge in [-0.05, 0) is 0 Å². The van der Waals surface area contributed by atoms with Crippen LogP contribution in [-0.2, 0) is 0 Å². The van der Waals surface area contributed by atoms with Crippen LogP contribution in [0.4, 0.5) is 0 Å². The van der Waals surface area contributed by atoms with E-state index in [1.54, 1.807) is 11.3 Å². The van der Waals surface area contributed by atoms with E-state index in [2.05, 4.69) is 15.9 Å². The monoisotopic (exact) mass is 248 g/mol. The third-order valence-electron chi connectivity index (χ3n) is 1.76. The second-order valence-corrected chi connectivity index (χ2v) is 4.13. The molecule has 66 valence electrons. The Morgan fingerprint density at radius 3 is 2.42 bits per heavy atom. The third kappa shape index (κ3) is 1.59. The Hall–Kier alpha value is -0.220. The van der Waals surface area contributed by atoms with Crippen molar-refractivity contribution in [2.45, 2.75) is 0 Å². The van der Waals surface area contributed by atoms with Gasteiger partial charge >= 0.3 is 0 Å². The molecule has 0 bridgehead atoms. The van der Waals surface area contributed by atoms with Gasteiger partial charge in [-0.2, -0.15) is 0 Å². The normalized spacial score (nSPS) is 17.4. The first-order valence-electron chi connectivity index (χ1n) is 3.78. The summed E-state index contributed by atoms with van der Waals surface area (Å²) in [4.78, 5) is 0. The Morgan fingerprint density at radius 1 is 1.33 bits per heavy atom. The number of alkyl halides is 1. The van der Waals surface area contributed by atoms with Crippen LogP contribution in [0.5, 0.6) is 11.5 Å². The maximum atomic E-state index is 5.55. The van der Waals surface area contributed by atoms with Crippen molar-refractivity contribution in [1.82, 2.24) is 0 Å². The van der Waals surface area contributed by atoms with Gasteiger partial charge in [0.05, 0.1) is 13.2 Å². The summed E-state index contributed by atoms with van der Waals surface area (Å²) < 4.78 is 11.1. The second-order valence-electron chi connectivity index (χ2n) is 2.74. The molecule has 1 aromatic heterocycles. The largest absolute Gasteiger partial charge is 0.488 e. The number of halogens is 1. The molecule has 4 heteroatoms. The van der Waals surface area contributed by atoms with E-state index in [4.69, 9.17) is 9.47 Å². The van der Waals surface area contributed by atoms with Crippen LogP contribution in [0.15, 0.2) is 10.8 Å². The molecule has 0 saturated carbocycles. The highest BCUT2D eigenvalue weighted by Gasteiger charge is 2.17. The minimum atomic E-state index is 0.461. The van der Waals surface area contributed by atoms with Crippen LogP contribution in [0.3, 0.4) is 0 Å². The molecule has 0 N–H and O–H groups in total. The number of hydrogen-bond acceptors (Lipinski definition) is 3. The van der Waals surface area contributed by atoms with Crippen LogP contribution in [0, 0.1) is 5.92 Å². The van der Waals surface area contributed by atoms with E-state index in [9.17, 15) is 0 Å². The Labute approximate surface area is 83.6 Å². The van der Waals surface area contributed by atoms with E-state index in [1.165, 1.54) is 0 Å². The summed E-state index contributed by atoms with van der Waals surface area (Å²) >= 11 is 5.03. The van der Waals surface area contributed by atoms with Gasteiger partial charge in [0.15, 0.2) is 11.5 Å². The molecule has 2 rings (SSSR count). The van der Waals surface area contributed by atoms with E-state index in [0.29, 0.717) is 5.92 Å². The first-order chi connectivity index (χ1) is 5.90. The lowest BCUT2D eigenvalue weighted by Gasteiger charge is -2.08. The summed E-state index contributed by atoms with van der Waals surface area (Å²) in [6.07, 6.45) is 0. The minimum Gasteiger partial charge on any atom is -0.488 e. The highest BCUT2D eigenvalue weighted by atomic mass is 79.9. The van der Waals surface area contributed by atoms with Crippen molar-refractivity contribution in [3.63, 3.8) is 0 Å². The molecular weight excluding hydrogens is 240 g/mol. The van der Waals surface area contributed by atoms with E-state index in [1.807, 2.05) is 10.8 Å². The lowest BCUT2D eigenvalue weighted by molar-refractivity contribution is 0.232. The SMILES string of the molecule is BrCC1COc2cscc2OC1. The van der Waals surface area contributed by atoms with E-state index < -0.39 is 0 Å². The lowest BCUT2D eigenvalue weighted by atomic mass is 10.2. The highest BCUT2D eigenvalue weighted by Crippen LogP contribution is 2.34. The van der Waals surface area contributed by atoms with Crippen molar-refractivity contribution in [3.8, 4) is 11.5 Å². The Morgan fingerprint density at radius 2 is 1.92 bits per heavy atom. The van der Waals surface area contributed by atoms with Gasteiger partial charge in [0.25, 0.3) is 0 Å². The van der Waals surface area contributed by atoms with Gasteiger partial charge in [-0.3, -0.25) is 0 Å². The van der Waals surface area contributed by atoms with Gasteiger partial charge in [-0.1, -0.05) is 15.9 Å². The summed E-state index contributed by atoms with van der Waals surface area (Å²) in [6.45, 7) is 1.49. The van der Waals surface area contributed by atoms with Crippen molar-refractivity contribution in [1.29, 1.82) is 0 Å². The van der Waals surface area contributed by atoms with Gasteiger partial charge in [-0.15, -0.1) is 11.3 Å². The average molecular weight is 249 g/mol. The molecule has 1 aliphatic rings. The van der Waals surface area contributed by atoms with Crippen molar-refractivity contribution < 1.29 is 9.47 Å². The summed E-state index contributed by atoms with van der Waals surface area (Å²) in [5, 5.41) is 4.89. The second kappa shape index (κ2) is 3.66. The topological polar surface area (TPSA) is 18.5 Å². The maximum absolute atomic E-state index is 5.55. The number of thiophene rings is 1. The summed E-state index contributed by atoms with van der Waals surface area (Å²) in [5.41, 5.74) is 0. The lowest BCUT2D eigenvalue weighted by Crippen LogP contribution is -2.17. The molecular formula is C8H9BrO2S. The molecule has 1 aliphatic heterocycles. The molecule has 0 atom stereocenters. The van der Waals surface area contributed by atoms with Crippen LogP contribution in [0.25, 0.3) is 0 Å².